The van der Waals surface area contributed by atoms with E-state index in [0.29, 0.717) is 0 Å². The molecular formula is C13H24N2S. The summed E-state index contributed by atoms with van der Waals surface area (Å²) in [5.41, 5.74) is 1.84. The predicted octanol–water partition coefficient (Wildman–Crippen LogP) is 4.32. The van der Waals surface area contributed by atoms with Gasteiger partial charge in [0, 0.05) is 6.42 Å². The van der Waals surface area contributed by atoms with E-state index < -0.39 is 0 Å². The van der Waals surface area contributed by atoms with E-state index in [-0.39, 0.29) is 0 Å². The van der Waals surface area contributed by atoms with E-state index in [0.717, 1.165) is 18.3 Å². The normalized spacial score (nSPS) is 13.2. The molecule has 1 aromatic rings. The van der Waals surface area contributed by atoms with Gasteiger partial charge in [-0.3, -0.25) is 0 Å². The maximum atomic E-state index is 4.15. The van der Waals surface area contributed by atoms with Gasteiger partial charge in [-0.2, -0.15) is 0 Å². The molecule has 0 aliphatic heterocycles. The summed E-state index contributed by atoms with van der Waals surface area (Å²) < 4.78 is 0. The summed E-state index contributed by atoms with van der Waals surface area (Å²) in [6, 6.07) is 0. The lowest BCUT2D eigenvalue weighted by Gasteiger charge is -2.19. The van der Waals surface area contributed by atoms with Gasteiger partial charge in [0.05, 0.1) is 0 Å². The molecule has 0 spiro atoms. The first-order chi connectivity index (χ1) is 7.74. The van der Waals surface area contributed by atoms with Gasteiger partial charge in [-0.25, -0.2) is 0 Å². The van der Waals surface area contributed by atoms with Gasteiger partial charge in [-0.1, -0.05) is 46.5 Å². The van der Waals surface area contributed by atoms with E-state index in [1.807, 2.05) is 5.51 Å². The third-order valence-corrected chi connectivity index (χ3v) is 3.93. The molecule has 1 heterocycles. The first-order valence-electron chi connectivity index (χ1n) is 6.49. The van der Waals surface area contributed by atoms with Gasteiger partial charge in [0.1, 0.15) is 10.5 Å². The maximum Gasteiger partial charge on any atom is 0.117 e. The van der Waals surface area contributed by atoms with Gasteiger partial charge in [-0.05, 0) is 18.3 Å². The first kappa shape index (κ1) is 13.6. The van der Waals surface area contributed by atoms with Gasteiger partial charge in [0.15, 0.2) is 0 Å². The van der Waals surface area contributed by atoms with Crippen molar-refractivity contribution >= 4 is 11.3 Å². The lowest BCUT2D eigenvalue weighted by molar-refractivity contribution is 0.342. The molecule has 0 radical (unpaired) electrons. The average molecular weight is 240 g/mol. The molecule has 1 rings (SSSR count). The van der Waals surface area contributed by atoms with Crippen LogP contribution in [-0.4, -0.2) is 10.2 Å². The van der Waals surface area contributed by atoms with Crippen LogP contribution in [0.25, 0.3) is 0 Å². The van der Waals surface area contributed by atoms with Crippen molar-refractivity contribution in [1.29, 1.82) is 0 Å². The lowest BCUT2D eigenvalue weighted by Crippen LogP contribution is -2.12. The van der Waals surface area contributed by atoms with E-state index in [1.165, 1.54) is 37.1 Å². The monoisotopic (exact) mass is 240 g/mol. The van der Waals surface area contributed by atoms with Gasteiger partial charge >= 0.3 is 0 Å². The van der Waals surface area contributed by atoms with Crippen LogP contribution in [0.15, 0.2) is 5.51 Å². The molecule has 2 nitrogen and oxygen atoms in total. The maximum absolute atomic E-state index is 4.15. The highest BCUT2D eigenvalue weighted by molar-refractivity contribution is 7.09. The zero-order valence-electron chi connectivity index (χ0n) is 10.8. The number of aromatic nitrogens is 2. The molecule has 0 bridgehead atoms. The van der Waals surface area contributed by atoms with Crippen molar-refractivity contribution in [2.24, 2.45) is 11.8 Å². The Morgan fingerprint density at radius 2 is 2.06 bits per heavy atom. The number of nitrogens with zero attached hydrogens (tertiary/aromatic N) is 2. The van der Waals surface area contributed by atoms with E-state index in [4.69, 9.17) is 0 Å². The highest BCUT2D eigenvalue weighted by Crippen LogP contribution is 2.23. The van der Waals surface area contributed by atoms with Crippen LogP contribution >= 0.6 is 11.3 Å². The Morgan fingerprint density at radius 3 is 2.62 bits per heavy atom. The fraction of sp³-hybridized carbons (Fsp3) is 0.846. The van der Waals surface area contributed by atoms with Crippen LogP contribution in [0.3, 0.4) is 0 Å². The van der Waals surface area contributed by atoms with E-state index in [2.05, 4.69) is 31.0 Å². The molecule has 0 saturated heterocycles. The average Bonchev–Trinajstić information content (AvgIpc) is 2.75. The minimum absolute atomic E-state index is 0.755. The van der Waals surface area contributed by atoms with E-state index in [9.17, 15) is 0 Å². The Bertz CT molecular complexity index is 257. The highest BCUT2D eigenvalue weighted by atomic mass is 32.1. The van der Waals surface area contributed by atoms with Crippen molar-refractivity contribution in [2.45, 2.75) is 59.3 Å². The van der Waals surface area contributed by atoms with Crippen molar-refractivity contribution in [3.8, 4) is 0 Å². The van der Waals surface area contributed by atoms with Crippen LogP contribution in [0.2, 0.25) is 0 Å². The second-order valence-corrected chi connectivity index (χ2v) is 5.81. The number of hydrogen-bond donors (Lipinski definition) is 0. The molecule has 1 atom stereocenters. The topological polar surface area (TPSA) is 25.8 Å². The number of rotatable bonds is 8. The summed E-state index contributed by atoms with van der Waals surface area (Å²) in [4.78, 5) is 0. The lowest BCUT2D eigenvalue weighted by atomic mass is 9.88. The molecule has 3 heteroatoms. The Balaban J connectivity index is 2.30. The van der Waals surface area contributed by atoms with Gasteiger partial charge < -0.3 is 0 Å². The zero-order chi connectivity index (χ0) is 11.8. The quantitative estimate of drug-likeness (QED) is 0.632. The molecule has 1 aromatic heterocycles. The largest absolute Gasteiger partial charge is 0.147 e. The SMILES string of the molecule is CCCCCCC(Cc1nncs1)C(C)C. The summed E-state index contributed by atoms with van der Waals surface area (Å²) in [5.74, 6) is 1.54. The minimum atomic E-state index is 0.755. The standard InChI is InChI=1S/C13H24N2S/c1-4-5-6-7-8-12(11(2)3)9-13-15-14-10-16-13/h10-12H,4-9H2,1-3H3. The van der Waals surface area contributed by atoms with E-state index >= 15 is 0 Å². The van der Waals surface area contributed by atoms with Crippen LogP contribution < -0.4 is 0 Å². The molecule has 0 fully saturated rings. The van der Waals surface area contributed by atoms with Crippen molar-refractivity contribution in [1.82, 2.24) is 10.2 Å². The molecule has 0 aliphatic rings. The van der Waals surface area contributed by atoms with Crippen molar-refractivity contribution < 1.29 is 0 Å². The van der Waals surface area contributed by atoms with Crippen molar-refractivity contribution in [2.75, 3.05) is 0 Å². The Kier molecular flexibility index (Phi) is 6.62. The number of hydrogen-bond acceptors (Lipinski definition) is 3. The Hall–Kier alpha value is -0.440. The van der Waals surface area contributed by atoms with E-state index in [1.54, 1.807) is 11.3 Å². The summed E-state index contributed by atoms with van der Waals surface area (Å²) in [5, 5.41) is 9.27. The molecule has 16 heavy (non-hydrogen) atoms. The summed E-state index contributed by atoms with van der Waals surface area (Å²) >= 11 is 1.69. The molecule has 0 aromatic carbocycles. The predicted molar refractivity (Wildman–Crippen MR) is 70.7 cm³/mol. The van der Waals surface area contributed by atoms with Gasteiger partial charge in [0.2, 0.25) is 0 Å². The molecule has 0 N–H and O–H groups in total. The molecule has 92 valence electrons. The molecule has 1 unspecified atom stereocenters. The summed E-state index contributed by atoms with van der Waals surface area (Å²) in [6.07, 6.45) is 7.92. The Morgan fingerprint density at radius 1 is 1.25 bits per heavy atom. The second kappa shape index (κ2) is 7.77. The van der Waals surface area contributed by atoms with Gasteiger partial charge in [0.25, 0.3) is 0 Å². The summed E-state index contributed by atoms with van der Waals surface area (Å²) in [7, 11) is 0. The van der Waals surface area contributed by atoms with Crippen LogP contribution in [-0.2, 0) is 6.42 Å². The van der Waals surface area contributed by atoms with Gasteiger partial charge in [-0.15, -0.1) is 21.5 Å². The van der Waals surface area contributed by atoms with Crippen LogP contribution in [0, 0.1) is 11.8 Å². The zero-order valence-corrected chi connectivity index (χ0v) is 11.6. The van der Waals surface area contributed by atoms with Crippen LogP contribution in [0.5, 0.6) is 0 Å². The molecular weight excluding hydrogens is 216 g/mol. The second-order valence-electron chi connectivity index (χ2n) is 4.89. The third-order valence-electron chi connectivity index (χ3n) is 3.21. The summed E-state index contributed by atoms with van der Waals surface area (Å²) in [6.45, 7) is 6.91. The molecule has 0 aliphatic carbocycles. The highest BCUT2D eigenvalue weighted by Gasteiger charge is 2.15. The fourth-order valence-corrected chi connectivity index (χ4v) is 2.63. The van der Waals surface area contributed by atoms with Crippen LogP contribution in [0.4, 0.5) is 0 Å². The molecule has 0 saturated carbocycles. The minimum Gasteiger partial charge on any atom is -0.147 e. The van der Waals surface area contributed by atoms with Crippen LogP contribution in [0.1, 0.15) is 57.9 Å². The fourth-order valence-electron chi connectivity index (χ4n) is 2.01. The first-order valence-corrected chi connectivity index (χ1v) is 7.37. The number of unbranched alkanes of at least 4 members (excludes halogenated alkanes) is 3. The smallest absolute Gasteiger partial charge is 0.117 e. The van der Waals surface area contributed by atoms with Crippen molar-refractivity contribution in [3.63, 3.8) is 0 Å². The molecule has 0 amide bonds. The Labute approximate surface area is 103 Å². The third kappa shape index (κ3) is 5.06. The van der Waals surface area contributed by atoms with Crippen molar-refractivity contribution in [3.05, 3.63) is 10.5 Å².